The van der Waals surface area contributed by atoms with Crippen LogP contribution in [0.3, 0.4) is 0 Å². The van der Waals surface area contributed by atoms with Gasteiger partial charge in [-0.15, -0.1) is 0 Å². The third-order valence-electron chi connectivity index (χ3n) is 3.06. The van der Waals surface area contributed by atoms with Crippen LogP contribution in [0.1, 0.15) is 11.5 Å². The van der Waals surface area contributed by atoms with Crippen molar-refractivity contribution in [1.29, 1.82) is 0 Å². The van der Waals surface area contributed by atoms with Gasteiger partial charge in [-0.2, -0.15) is 0 Å². The molecule has 0 saturated heterocycles. The van der Waals surface area contributed by atoms with Crippen molar-refractivity contribution in [3.63, 3.8) is 0 Å². The van der Waals surface area contributed by atoms with Gasteiger partial charge in [0, 0.05) is 0 Å². The molecular formula is C13H12FNO6. The van der Waals surface area contributed by atoms with Gasteiger partial charge >= 0.3 is 17.7 Å². The van der Waals surface area contributed by atoms with Crippen molar-refractivity contribution in [2.45, 2.75) is 12.0 Å². The van der Waals surface area contributed by atoms with Crippen molar-refractivity contribution in [2.24, 2.45) is 0 Å². The summed E-state index contributed by atoms with van der Waals surface area (Å²) in [6.07, 6.45) is -1.34. The summed E-state index contributed by atoms with van der Waals surface area (Å²) in [5, 5.41) is 11.7. The smallest absolute Gasteiger partial charge is 0.405 e. The first-order valence-corrected chi connectivity index (χ1v) is 5.92. The Bertz CT molecular complexity index is 597. The highest BCUT2D eigenvalue weighted by atomic mass is 19.1. The second kappa shape index (κ2) is 5.78. The Hall–Kier alpha value is -2.64. The Balaban J connectivity index is 2.48. The number of benzene rings is 1. The van der Waals surface area contributed by atoms with Gasteiger partial charge in [-0.3, -0.25) is 10.0 Å². The summed E-state index contributed by atoms with van der Waals surface area (Å²) in [6.45, 7) is 0. The van der Waals surface area contributed by atoms with E-state index in [0.717, 1.165) is 26.4 Å². The molecule has 0 unspecified atom stereocenters. The SMILES string of the molecule is COC(=O)C1=[N+]([O-])O[C@H](C(=O)OC)[C@@H]1c1ccc(F)cc1. The number of carbonyl (C=O) groups is 2. The Labute approximate surface area is 119 Å². The molecule has 7 nitrogen and oxygen atoms in total. The van der Waals surface area contributed by atoms with Gasteiger partial charge in [0.15, 0.2) is 6.10 Å². The molecule has 1 aromatic carbocycles. The molecule has 112 valence electrons. The van der Waals surface area contributed by atoms with E-state index in [1.54, 1.807) is 0 Å². The van der Waals surface area contributed by atoms with Crippen LogP contribution < -0.4 is 0 Å². The molecule has 0 fully saturated rings. The maximum absolute atomic E-state index is 13.0. The van der Waals surface area contributed by atoms with Gasteiger partial charge in [-0.05, 0) is 17.7 Å². The Morgan fingerprint density at radius 2 is 1.86 bits per heavy atom. The highest BCUT2D eigenvalue weighted by Gasteiger charge is 2.50. The van der Waals surface area contributed by atoms with Gasteiger partial charge < -0.3 is 14.3 Å². The zero-order chi connectivity index (χ0) is 15.6. The molecule has 0 bridgehead atoms. The maximum Gasteiger partial charge on any atom is 0.405 e. The van der Waals surface area contributed by atoms with E-state index in [-0.39, 0.29) is 4.90 Å². The maximum atomic E-state index is 13.0. The van der Waals surface area contributed by atoms with Gasteiger partial charge in [0.1, 0.15) is 11.7 Å². The molecule has 1 heterocycles. The number of carbonyl (C=O) groups excluding carboxylic acids is 2. The Kier molecular flexibility index (Phi) is 4.06. The molecule has 0 spiro atoms. The monoisotopic (exact) mass is 297 g/mol. The molecule has 0 N–H and O–H groups in total. The lowest BCUT2D eigenvalue weighted by atomic mass is 9.89. The summed E-state index contributed by atoms with van der Waals surface area (Å²) in [4.78, 5) is 28.2. The van der Waals surface area contributed by atoms with E-state index in [1.807, 2.05) is 0 Å². The molecule has 1 aliphatic heterocycles. The van der Waals surface area contributed by atoms with Crippen molar-refractivity contribution in [1.82, 2.24) is 0 Å². The fourth-order valence-electron chi connectivity index (χ4n) is 2.08. The molecular weight excluding hydrogens is 285 g/mol. The molecule has 0 aliphatic carbocycles. The molecule has 21 heavy (non-hydrogen) atoms. The van der Waals surface area contributed by atoms with Crippen LogP contribution >= 0.6 is 0 Å². The Morgan fingerprint density at radius 3 is 2.38 bits per heavy atom. The van der Waals surface area contributed by atoms with Gasteiger partial charge in [-0.25, -0.2) is 9.18 Å². The van der Waals surface area contributed by atoms with Crippen LogP contribution in [-0.2, 0) is 23.9 Å². The number of nitrogens with zero attached hydrogens (tertiary/aromatic N) is 1. The van der Waals surface area contributed by atoms with Crippen LogP contribution in [0.25, 0.3) is 0 Å². The van der Waals surface area contributed by atoms with Gasteiger partial charge in [0.05, 0.1) is 19.1 Å². The average Bonchev–Trinajstić information content (AvgIpc) is 2.84. The Morgan fingerprint density at radius 1 is 1.24 bits per heavy atom. The van der Waals surface area contributed by atoms with Crippen molar-refractivity contribution in [3.05, 3.63) is 40.9 Å². The minimum absolute atomic E-state index is 0.0680. The van der Waals surface area contributed by atoms with Crippen LogP contribution in [0, 0.1) is 11.0 Å². The van der Waals surface area contributed by atoms with Crippen molar-refractivity contribution in [3.8, 4) is 0 Å². The van der Waals surface area contributed by atoms with E-state index in [9.17, 15) is 19.2 Å². The summed E-state index contributed by atoms with van der Waals surface area (Å²) in [5.41, 5.74) is -0.0509. The van der Waals surface area contributed by atoms with E-state index in [2.05, 4.69) is 9.47 Å². The number of hydrogen-bond acceptors (Lipinski definition) is 6. The molecule has 1 aromatic rings. The average molecular weight is 297 g/mol. The number of ether oxygens (including phenoxy) is 2. The van der Waals surface area contributed by atoms with Crippen molar-refractivity contribution < 1.29 is 33.2 Å². The van der Waals surface area contributed by atoms with Crippen molar-refractivity contribution in [2.75, 3.05) is 14.2 Å². The van der Waals surface area contributed by atoms with E-state index in [0.29, 0.717) is 5.56 Å². The van der Waals surface area contributed by atoms with Gasteiger partial charge in [-0.1, -0.05) is 12.1 Å². The van der Waals surface area contributed by atoms with Gasteiger partial charge in [0.25, 0.3) is 0 Å². The molecule has 0 aromatic heterocycles. The lowest BCUT2D eigenvalue weighted by molar-refractivity contribution is -0.736. The van der Waals surface area contributed by atoms with E-state index >= 15 is 0 Å². The fourth-order valence-corrected chi connectivity index (χ4v) is 2.08. The fraction of sp³-hybridized carbons (Fsp3) is 0.308. The molecule has 8 heteroatoms. The summed E-state index contributed by atoms with van der Waals surface area (Å²) >= 11 is 0. The van der Waals surface area contributed by atoms with E-state index in [1.165, 1.54) is 12.1 Å². The number of rotatable bonds is 3. The van der Waals surface area contributed by atoms with Crippen LogP contribution in [0.2, 0.25) is 0 Å². The topological polar surface area (TPSA) is 87.9 Å². The minimum Gasteiger partial charge on any atom is -0.468 e. The third-order valence-corrected chi connectivity index (χ3v) is 3.06. The number of halogens is 1. The molecule has 0 amide bonds. The standard InChI is InChI=1S/C13H12FNO6/c1-19-12(16)10-9(7-3-5-8(14)6-4-7)11(13(17)20-2)21-15(10)18/h3-6,9,11H,1-2H3/t9-,11+/m1/s1. The molecule has 1 aliphatic rings. The predicted molar refractivity (Wildman–Crippen MR) is 66.7 cm³/mol. The largest absolute Gasteiger partial charge is 0.468 e. The normalized spacial score (nSPS) is 20.9. The first kappa shape index (κ1) is 14.8. The first-order chi connectivity index (χ1) is 9.99. The lowest BCUT2D eigenvalue weighted by Gasteiger charge is -2.16. The predicted octanol–water partition coefficient (Wildman–Crippen LogP) is 0.520. The van der Waals surface area contributed by atoms with Crippen LogP contribution in [0.5, 0.6) is 0 Å². The first-order valence-electron chi connectivity index (χ1n) is 5.92. The number of hydrogen-bond donors (Lipinski definition) is 0. The second-order valence-electron chi connectivity index (χ2n) is 4.21. The van der Waals surface area contributed by atoms with E-state index in [4.69, 9.17) is 4.84 Å². The lowest BCUT2D eigenvalue weighted by Crippen LogP contribution is -2.33. The zero-order valence-corrected chi connectivity index (χ0v) is 11.2. The number of methoxy groups -OCH3 is 2. The highest BCUT2D eigenvalue weighted by Crippen LogP contribution is 2.30. The molecule has 0 saturated carbocycles. The zero-order valence-electron chi connectivity index (χ0n) is 11.2. The summed E-state index contributed by atoms with van der Waals surface area (Å²) < 4.78 is 22.1. The van der Waals surface area contributed by atoms with Crippen molar-refractivity contribution >= 4 is 17.7 Å². The number of esters is 2. The van der Waals surface area contributed by atoms with Crippen LogP contribution in [0.4, 0.5) is 4.39 Å². The highest BCUT2D eigenvalue weighted by molar-refractivity contribution is 6.37. The summed E-state index contributed by atoms with van der Waals surface area (Å²) in [7, 11) is 2.22. The minimum atomic E-state index is -1.34. The molecule has 2 rings (SSSR count). The van der Waals surface area contributed by atoms with Crippen LogP contribution in [-0.4, -0.2) is 42.9 Å². The third kappa shape index (κ3) is 2.64. The van der Waals surface area contributed by atoms with E-state index < -0.39 is 35.5 Å². The van der Waals surface area contributed by atoms with Gasteiger partial charge in [0.2, 0.25) is 0 Å². The summed E-state index contributed by atoms with van der Waals surface area (Å²) in [5.74, 6) is -3.30. The van der Waals surface area contributed by atoms with Crippen LogP contribution in [0.15, 0.2) is 24.3 Å². The molecule has 2 atom stereocenters. The second-order valence-corrected chi connectivity index (χ2v) is 4.21. The quantitative estimate of drug-likeness (QED) is 0.597. The summed E-state index contributed by atoms with van der Waals surface area (Å²) in [6, 6.07) is 4.99. The molecule has 0 radical (unpaired) electrons.